The minimum Gasteiger partial charge on any atom is -0.456 e. The van der Waals surface area contributed by atoms with Crippen molar-refractivity contribution in [1.82, 2.24) is 4.57 Å². The van der Waals surface area contributed by atoms with Gasteiger partial charge in [0.15, 0.2) is 0 Å². The number of rotatable bonds is 7. The van der Waals surface area contributed by atoms with Crippen LogP contribution < -0.4 is 4.90 Å². The smallest absolute Gasteiger partial charge is 0.137 e. The minimum absolute atomic E-state index is 0.865. The third kappa shape index (κ3) is 5.60. The second kappa shape index (κ2) is 13.6. The first-order valence-electron chi connectivity index (χ1n) is 19.4. The van der Waals surface area contributed by atoms with Crippen LogP contribution in [0.15, 0.2) is 223 Å². The number of hydrogen-bond donors (Lipinski definition) is 0. The van der Waals surface area contributed by atoms with E-state index in [1.165, 1.54) is 49.6 Å². The number of anilines is 3. The summed E-state index contributed by atoms with van der Waals surface area (Å²) in [5, 5.41) is 4.74. The first-order chi connectivity index (χ1) is 28.3. The summed E-state index contributed by atoms with van der Waals surface area (Å²) in [7, 11) is 0. The highest BCUT2D eigenvalue weighted by Gasteiger charge is 2.19. The van der Waals surface area contributed by atoms with Gasteiger partial charge in [0.2, 0.25) is 0 Å². The van der Waals surface area contributed by atoms with Crippen LogP contribution in [-0.2, 0) is 0 Å². The molecule has 0 bridgehead atoms. The van der Waals surface area contributed by atoms with Crippen LogP contribution in [0.5, 0.6) is 0 Å². The van der Waals surface area contributed by atoms with Crippen LogP contribution in [0.3, 0.4) is 0 Å². The number of fused-ring (bicyclic) bond motifs is 6. The Kier molecular flexibility index (Phi) is 7.82. The topological polar surface area (TPSA) is 21.3 Å². The Morgan fingerprint density at radius 3 is 1.42 bits per heavy atom. The summed E-state index contributed by atoms with van der Waals surface area (Å²) in [6, 6.07) is 78.1. The molecule has 268 valence electrons. The van der Waals surface area contributed by atoms with Crippen molar-refractivity contribution in [1.29, 1.82) is 0 Å². The van der Waals surface area contributed by atoms with Gasteiger partial charge in [0.25, 0.3) is 0 Å². The Morgan fingerprint density at radius 1 is 0.316 bits per heavy atom. The zero-order valence-corrected chi connectivity index (χ0v) is 31.1. The average molecular weight is 729 g/mol. The molecule has 0 fully saturated rings. The number of aromatic nitrogens is 1. The first-order valence-corrected chi connectivity index (χ1v) is 19.4. The van der Waals surface area contributed by atoms with E-state index in [-0.39, 0.29) is 0 Å². The number of benzene rings is 9. The van der Waals surface area contributed by atoms with Crippen molar-refractivity contribution in [2.24, 2.45) is 0 Å². The normalized spacial score (nSPS) is 11.5. The van der Waals surface area contributed by atoms with Crippen molar-refractivity contribution < 1.29 is 4.42 Å². The molecule has 11 aromatic rings. The van der Waals surface area contributed by atoms with E-state index >= 15 is 0 Å². The fraction of sp³-hybridized carbons (Fsp3) is 0. The monoisotopic (exact) mass is 728 g/mol. The molecular weight excluding hydrogens is 693 g/mol. The minimum atomic E-state index is 0.865. The maximum absolute atomic E-state index is 6.40. The Morgan fingerprint density at radius 2 is 0.772 bits per heavy atom. The first kappa shape index (κ1) is 32.8. The maximum atomic E-state index is 6.40. The third-order valence-corrected chi connectivity index (χ3v) is 11.2. The van der Waals surface area contributed by atoms with Gasteiger partial charge in [0, 0.05) is 50.2 Å². The molecule has 0 aliphatic rings. The summed E-state index contributed by atoms with van der Waals surface area (Å²) >= 11 is 0. The standard InChI is InChI=1S/C54H36N2O/c1-2-14-37(15-3-1)43-16-4-5-17-44(43)38-26-30-40(31-27-38)55(42-34-35-49-48-21-9-13-25-53(48)57-54(49)36-42)41-32-28-39(29-33-41)45-18-6-10-22-50(45)56-51-23-11-7-19-46(51)47-20-8-12-24-52(47)56/h1-36H. The number of para-hydroxylation sites is 4. The summed E-state index contributed by atoms with van der Waals surface area (Å²) in [5.41, 5.74) is 15.6. The van der Waals surface area contributed by atoms with E-state index in [4.69, 9.17) is 4.42 Å². The quantitative estimate of drug-likeness (QED) is 0.163. The molecule has 3 nitrogen and oxygen atoms in total. The van der Waals surface area contributed by atoms with Crippen molar-refractivity contribution in [3.63, 3.8) is 0 Å². The van der Waals surface area contributed by atoms with Crippen molar-refractivity contribution in [2.75, 3.05) is 4.90 Å². The van der Waals surface area contributed by atoms with E-state index in [0.717, 1.165) is 50.3 Å². The molecule has 0 unspecified atom stereocenters. The molecule has 11 rings (SSSR count). The summed E-state index contributed by atoms with van der Waals surface area (Å²) in [5.74, 6) is 0. The van der Waals surface area contributed by atoms with Crippen LogP contribution in [0, 0.1) is 0 Å². The lowest BCUT2D eigenvalue weighted by Crippen LogP contribution is -2.09. The Balaban J connectivity index is 1.03. The summed E-state index contributed by atoms with van der Waals surface area (Å²) in [6.07, 6.45) is 0. The van der Waals surface area contributed by atoms with Gasteiger partial charge in [-0.2, -0.15) is 0 Å². The predicted molar refractivity (Wildman–Crippen MR) is 239 cm³/mol. The van der Waals surface area contributed by atoms with Crippen LogP contribution >= 0.6 is 0 Å². The Labute approximate surface area is 330 Å². The van der Waals surface area contributed by atoms with Crippen molar-refractivity contribution in [3.05, 3.63) is 218 Å². The van der Waals surface area contributed by atoms with Gasteiger partial charge in [-0.1, -0.05) is 152 Å². The molecule has 0 spiro atoms. The highest BCUT2D eigenvalue weighted by molar-refractivity contribution is 6.10. The van der Waals surface area contributed by atoms with Gasteiger partial charge in [0.1, 0.15) is 11.2 Å². The van der Waals surface area contributed by atoms with Gasteiger partial charge in [0.05, 0.1) is 16.7 Å². The SMILES string of the molecule is c1ccc(-c2ccccc2-c2ccc(N(c3ccc(-c4ccccc4-n4c5ccccc5c5ccccc54)cc3)c3ccc4c(c3)oc3ccccc34)cc2)cc1. The molecule has 0 amide bonds. The molecular formula is C54H36N2O. The van der Waals surface area contributed by atoms with E-state index < -0.39 is 0 Å². The number of hydrogen-bond acceptors (Lipinski definition) is 2. The third-order valence-electron chi connectivity index (χ3n) is 11.2. The van der Waals surface area contributed by atoms with E-state index in [1.807, 2.05) is 12.1 Å². The molecule has 0 aliphatic carbocycles. The van der Waals surface area contributed by atoms with Gasteiger partial charge < -0.3 is 13.9 Å². The number of furan rings is 1. The molecule has 0 N–H and O–H groups in total. The molecule has 0 atom stereocenters. The summed E-state index contributed by atoms with van der Waals surface area (Å²) in [4.78, 5) is 2.32. The van der Waals surface area contributed by atoms with Crippen LogP contribution in [0.25, 0.3) is 82.8 Å². The van der Waals surface area contributed by atoms with Gasteiger partial charge in [-0.05, 0) is 88.5 Å². The lowest BCUT2D eigenvalue weighted by Gasteiger charge is -2.26. The molecule has 2 heterocycles. The summed E-state index contributed by atoms with van der Waals surface area (Å²) in [6.45, 7) is 0. The van der Waals surface area contributed by atoms with E-state index in [1.54, 1.807) is 0 Å². The highest BCUT2D eigenvalue weighted by atomic mass is 16.3. The Bertz CT molecular complexity index is 3170. The van der Waals surface area contributed by atoms with E-state index in [0.29, 0.717) is 0 Å². The highest BCUT2D eigenvalue weighted by Crippen LogP contribution is 2.42. The zero-order chi connectivity index (χ0) is 37.7. The van der Waals surface area contributed by atoms with Crippen LogP contribution in [-0.4, -0.2) is 4.57 Å². The van der Waals surface area contributed by atoms with E-state index in [9.17, 15) is 0 Å². The summed E-state index contributed by atoms with van der Waals surface area (Å²) < 4.78 is 8.81. The maximum Gasteiger partial charge on any atom is 0.137 e. The Hall–Kier alpha value is -7.62. The second-order valence-corrected chi connectivity index (χ2v) is 14.5. The lowest BCUT2D eigenvalue weighted by molar-refractivity contribution is 0.669. The molecule has 9 aromatic carbocycles. The number of nitrogens with zero attached hydrogens (tertiary/aromatic N) is 2. The van der Waals surface area contributed by atoms with Gasteiger partial charge in [-0.3, -0.25) is 0 Å². The van der Waals surface area contributed by atoms with E-state index in [2.05, 4.69) is 216 Å². The molecule has 0 radical (unpaired) electrons. The molecule has 2 aromatic heterocycles. The fourth-order valence-electron chi connectivity index (χ4n) is 8.58. The molecule has 0 saturated heterocycles. The zero-order valence-electron chi connectivity index (χ0n) is 31.1. The second-order valence-electron chi connectivity index (χ2n) is 14.5. The largest absolute Gasteiger partial charge is 0.456 e. The fourth-order valence-corrected chi connectivity index (χ4v) is 8.58. The molecule has 3 heteroatoms. The molecule has 57 heavy (non-hydrogen) atoms. The van der Waals surface area contributed by atoms with Crippen molar-refractivity contribution >= 4 is 60.8 Å². The lowest BCUT2D eigenvalue weighted by atomic mass is 9.94. The average Bonchev–Trinajstić information content (AvgIpc) is 3.83. The molecule has 0 saturated carbocycles. The molecule has 0 aliphatic heterocycles. The predicted octanol–water partition coefficient (Wildman–Crippen LogP) is 15.2. The van der Waals surface area contributed by atoms with Crippen LogP contribution in [0.1, 0.15) is 0 Å². The van der Waals surface area contributed by atoms with Crippen LogP contribution in [0.2, 0.25) is 0 Å². The van der Waals surface area contributed by atoms with Crippen molar-refractivity contribution in [3.8, 4) is 39.1 Å². The van der Waals surface area contributed by atoms with Gasteiger partial charge >= 0.3 is 0 Å². The van der Waals surface area contributed by atoms with Crippen molar-refractivity contribution in [2.45, 2.75) is 0 Å². The van der Waals surface area contributed by atoms with Gasteiger partial charge in [-0.15, -0.1) is 0 Å². The van der Waals surface area contributed by atoms with Crippen LogP contribution in [0.4, 0.5) is 17.1 Å². The van der Waals surface area contributed by atoms with Gasteiger partial charge in [-0.25, -0.2) is 0 Å².